The van der Waals surface area contributed by atoms with Crippen molar-refractivity contribution in [1.82, 2.24) is 4.31 Å². The predicted molar refractivity (Wildman–Crippen MR) is 112 cm³/mol. The van der Waals surface area contributed by atoms with Gasteiger partial charge in [0, 0.05) is 24.3 Å². The summed E-state index contributed by atoms with van der Waals surface area (Å²) in [5.41, 5.74) is 3.31. The zero-order valence-corrected chi connectivity index (χ0v) is 17.7. The number of carbonyl (C=O) groups is 1. The average molecular weight is 401 g/mol. The van der Waals surface area contributed by atoms with Crippen LogP contribution in [-0.4, -0.2) is 31.7 Å². The van der Waals surface area contributed by atoms with Crippen molar-refractivity contribution in [2.45, 2.75) is 39.0 Å². The molecule has 3 rings (SSSR count). The summed E-state index contributed by atoms with van der Waals surface area (Å²) in [6.45, 7) is 9.20. The number of aryl methyl sites for hydroxylation is 1. The molecule has 2 aromatic carbocycles. The number of hydrogen-bond acceptors (Lipinski definition) is 3. The minimum atomic E-state index is -3.54. The van der Waals surface area contributed by atoms with E-state index in [0.717, 1.165) is 23.2 Å². The Morgan fingerprint density at radius 3 is 2.21 bits per heavy atom. The first-order chi connectivity index (χ1) is 13.2. The number of carbonyl (C=O) groups excluding carboxylic acids is 1. The van der Waals surface area contributed by atoms with Crippen molar-refractivity contribution in [3.8, 4) is 0 Å². The Balaban J connectivity index is 1.77. The minimum absolute atomic E-state index is 0.233. The maximum absolute atomic E-state index is 13.0. The van der Waals surface area contributed by atoms with Crippen molar-refractivity contribution in [3.05, 3.63) is 59.2 Å². The Morgan fingerprint density at radius 1 is 1.00 bits per heavy atom. The van der Waals surface area contributed by atoms with E-state index in [4.69, 9.17) is 0 Å². The molecule has 1 N–H and O–H groups in total. The van der Waals surface area contributed by atoms with Gasteiger partial charge in [-0.25, -0.2) is 8.42 Å². The summed E-state index contributed by atoms with van der Waals surface area (Å²) in [4.78, 5) is 12.8. The molecule has 1 fully saturated rings. The fourth-order valence-electron chi connectivity index (χ4n) is 3.81. The van der Waals surface area contributed by atoms with Crippen LogP contribution in [0.4, 0.5) is 5.69 Å². The van der Waals surface area contributed by atoms with Crippen LogP contribution in [-0.2, 0) is 10.0 Å². The van der Waals surface area contributed by atoms with Gasteiger partial charge in [-0.05, 0) is 73.6 Å². The van der Waals surface area contributed by atoms with Crippen molar-refractivity contribution in [1.29, 1.82) is 0 Å². The fourth-order valence-corrected chi connectivity index (χ4v) is 5.49. The molecule has 1 amide bonds. The summed E-state index contributed by atoms with van der Waals surface area (Å²) < 4.78 is 27.5. The van der Waals surface area contributed by atoms with Crippen LogP contribution >= 0.6 is 0 Å². The molecule has 1 saturated heterocycles. The first-order valence-electron chi connectivity index (χ1n) is 9.66. The lowest BCUT2D eigenvalue weighted by atomic mass is 9.94. The standard InChI is InChI=1S/C22H28N2O3S/c1-15-12-16(2)14-24(13-15)28(26,27)20-10-8-19(9-11-20)22(25)23-21-7-5-6-17(3)18(21)4/h5-11,15-16H,12-14H2,1-4H3,(H,23,25)/t15-,16+. The number of benzene rings is 2. The Labute approximate surface area is 167 Å². The molecule has 2 atom stereocenters. The molecular weight excluding hydrogens is 372 g/mol. The lowest BCUT2D eigenvalue weighted by molar-refractivity contribution is 0.102. The molecular formula is C22H28N2O3S. The highest BCUT2D eigenvalue weighted by Crippen LogP contribution is 2.27. The first kappa shape index (κ1) is 20.6. The number of piperidine rings is 1. The van der Waals surface area contributed by atoms with Crippen molar-refractivity contribution < 1.29 is 13.2 Å². The number of nitrogens with zero attached hydrogens (tertiary/aromatic N) is 1. The van der Waals surface area contributed by atoms with E-state index >= 15 is 0 Å². The van der Waals surface area contributed by atoms with E-state index in [2.05, 4.69) is 19.2 Å². The third-order valence-corrected chi connectivity index (χ3v) is 7.29. The van der Waals surface area contributed by atoms with Crippen LogP contribution in [0.25, 0.3) is 0 Å². The second-order valence-electron chi connectivity index (χ2n) is 7.99. The zero-order valence-electron chi connectivity index (χ0n) is 16.9. The molecule has 1 aliphatic rings. The molecule has 150 valence electrons. The lowest BCUT2D eigenvalue weighted by Crippen LogP contribution is -2.42. The molecule has 0 spiro atoms. The molecule has 0 aromatic heterocycles. The molecule has 0 unspecified atom stereocenters. The summed E-state index contributed by atoms with van der Waals surface area (Å²) in [5, 5.41) is 2.90. The van der Waals surface area contributed by atoms with Crippen LogP contribution in [0, 0.1) is 25.7 Å². The van der Waals surface area contributed by atoms with Crippen LogP contribution in [0.1, 0.15) is 41.8 Å². The zero-order chi connectivity index (χ0) is 20.5. The van der Waals surface area contributed by atoms with E-state index in [1.807, 2.05) is 32.0 Å². The van der Waals surface area contributed by atoms with Gasteiger partial charge in [-0.15, -0.1) is 0 Å². The van der Waals surface area contributed by atoms with Crippen molar-refractivity contribution in [2.24, 2.45) is 11.8 Å². The Hall–Kier alpha value is -2.18. The highest BCUT2D eigenvalue weighted by molar-refractivity contribution is 7.89. The number of hydrogen-bond donors (Lipinski definition) is 1. The van der Waals surface area contributed by atoms with E-state index in [1.165, 1.54) is 12.1 Å². The largest absolute Gasteiger partial charge is 0.322 e. The van der Waals surface area contributed by atoms with Gasteiger partial charge in [0.1, 0.15) is 0 Å². The second kappa shape index (κ2) is 8.05. The Morgan fingerprint density at radius 2 is 1.61 bits per heavy atom. The molecule has 1 aliphatic heterocycles. The highest BCUT2D eigenvalue weighted by Gasteiger charge is 2.31. The van der Waals surface area contributed by atoms with Gasteiger partial charge < -0.3 is 5.32 Å². The molecule has 6 heteroatoms. The SMILES string of the molecule is Cc1cccc(NC(=O)c2ccc(S(=O)(=O)N3C[C@H](C)C[C@H](C)C3)cc2)c1C. The number of sulfonamides is 1. The van der Waals surface area contributed by atoms with Gasteiger partial charge in [0.05, 0.1) is 4.90 Å². The third-order valence-electron chi connectivity index (χ3n) is 5.44. The first-order valence-corrected chi connectivity index (χ1v) is 11.1. The monoisotopic (exact) mass is 400 g/mol. The summed E-state index contributed by atoms with van der Waals surface area (Å²) in [7, 11) is -3.54. The molecule has 2 aromatic rings. The van der Waals surface area contributed by atoms with E-state index in [1.54, 1.807) is 16.4 Å². The van der Waals surface area contributed by atoms with E-state index in [0.29, 0.717) is 30.5 Å². The summed E-state index contributed by atoms with van der Waals surface area (Å²) in [6.07, 6.45) is 1.05. The molecule has 0 bridgehead atoms. The summed E-state index contributed by atoms with van der Waals surface area (Å²) >= 11 is 0. The Kier molecular flexibility index (Phi) is 5.91. The summed E-state index contributed by atoms with van der Waals surface area (Å²) in [6, 6.07) is 11.9. The van der Waals surface area contributed by atoms with Crippen LogP contribution in [0.15, 0.2) is 47.4 Å². The van der Waals surface area contributed by atoms with Crippen LogP contribution in [0.3, 0.4) is 0 Å². The molecule has 0 radical (unpaired) electrons. The molecule has 1 heterocycles. The van der Waals surface area contributed by atoms with Crippen molar-refractivity contribution in [3.63, 3.8) is 0 Å². The van der Waals surface area contributed by atoms with Gasteiger partial charge in [0.15, 0.2) is 0 Å². The number of nitrogens with one attached hydrogen (secondary N) is 1. The van der Waals surface area contributed by atoms with Gasteiger partial charge in [0.25, 0.3) is 5.91 Å². The molecule has 0 saturated carbocycles. The van der Waals surface area contributed by atoms with Gasteiger partial charge in [-0.1, -0.05) is 26.0 Å². The second-order valence-corrected chi connectivity index (χ2v) is 9.93. The smallest absolute Gasteiger partial charge is 0.255 e. The van der Waals surface area contributed by atoms with E-state index < -0.39 is 10.0 Å². The maximum Gasteiger partial charge on any atom is 0.255 e. The van der Waals surface area contributed by atoms with E-state index in [9.17, 15) is 13.2 Å². The highest BCUT2D eigenvalue weighted by atomic mass is 32.2. The van der Waals surface area contributed by atoms with Crippen LogP contribution in [0.5, 0.6) is 0 Å². The Bertz CT molecular complexity index is 958. The van der Waals surface area contributed by atoms with Crippen LogP contribution < -0.4 is 5.32 Å². The predicted octanol–water partition coefficient (Wildman–Crippen LogP) is 4.22. The average Bonchev–Trinajstić information content (AvgIpc) is 2.64. The number of anilines is 1. The topological polar surface area (TPSA) is 66.5 Å². The molecule has 5 nitrogen and oxygen atoms in total. The van der Waals surface area contributed by atoms with Gasteiger partial charge in [0.2, 0.25) is 10.0 Å². The van der Waals surface area contributed by atoms with Gasteiger partial charge in [-0.3, -0.25) is 4.79 Å². The molecule has 0 aliphatic carbocycles. The summed E-state index contributed by atoms with van der Waals surface area (Å²) in [5.74, 6) is 0.445. The fraction of sp³-hybridized carbons (Fsp3) is 0.409. The molecule has 28 heavy (non-hydrogen) atoms. The minimum Gasteiger partial charge on any atom is -0.322 e. The number of amides is 1. The van der Waals surface area contributed by atoms with Crippen molar-refractivity contribution in [2.75, 3.05) is 18.4 Å². The van der Waals surface area contributed by atoms with Crippen molar-refractivity contribution >= 4 is 21.6 Å². The van der Waals surface area contributed by atoms with E-state index in [-0.39, 0.29) is 10.8 Å². The quantitative estimate of drug-likeness (QED) is 0.835. The van der Waals surface area contributed by atoms with Crippen LogP contribution in [0.2, 0.25) is 0 Å². The lowest BCUT2D eigenvalue weighted by Gasteiger charge is -2.34. The normalized spacial score (nSPS) is 20.7. The van der Waals surface area contributed by atoms with Gasteiger partial charge >= 0.3 is 0 Å². The van der Waals surface area contributed by atoms with Gasteiger partial charge in [-0.2, -0.15) is 4.31 Å². The number of rotatable bonds is 4. The maximum atomic E-state index is 13.0. The third kappa shape index (κ3) is 4.28.